The highest BCUT2D eigenvalue weighted by Crippen LogP contribution is 2.28. The smallest absolute Gasteiger partial charge is 0.245 e. The first-order chi connectivity index (χ1) is 11.1. The van der Waals surface area contributed by atoms with Crippen molar-refractivity contribution in [2.45, 2.75) is 64.6 Å². The molecule has 1 aromatic rings. The molecule has 1 aromatic heterocycles. The quantitative estimate of drug-likeness (QED) is 0.873. The molecule has 0 bridgehead atoms. The van der Waals surface area contributed by atoms with E-state index in [0.717, 1.165) is 56.7 Å². The van der Waals surface area contributed by atoms with Gasteiger partial charge in [-0.05, 0) is 25.2 Å². The fraction of sp³-hybridized carbons (Fsp3) is 0.750. The first-order valence-electron chi connectivity index (χ1n) is 8.49. The minimum atomic E-state index is -0.416. The summed E-state index contributed by atoms with van der Waals surface area (Å²) in [4.78, 5) is 26.0. The normalized spacial score (nSPS) is 18.7. The molecule has 7 heteroatoms. The van der Waals surface area contributed by atoms with Crippen LogP contribution in [0.25, 0.3) is 0 Å². The number of hydrogen-bond donors (Lipinski definition) is 1. The summed E-state index contributed by atoms with van der Waals surface area (Å²) < 4.78 is 2.10. The molecule has 0 radical (unpaired) electrons. The first-order valence-corrected chi connectivity index (χ1v) is 8.49. The van der Waals surface area contributed by atoms with E-state index in [-0.39, 0.29) is 17.7 Å². The van der Waals surface area contributed by atoms with Crippen LogP contribution in [-0.4, -0.2) is 44.6 Å². The number of amides is 2. The van der Waals surface area contributed by atoms with Gasteiger partial charge in [-0.1, -0.05) is 12.8 Å². The van der Waals surface area contributed by atoms with Crippen LogP contribution in [0.2, 0.25) is 0 Å². The zero-order valence-electron chi connectivity index (χ0n) is 13.9. The molecule has 7 nitrogen and oxygen atoms in total. The fourth-order valence-corrected chi connectivity index (χ4v) is 3.75. The van der Waals surface area contributed by atoms with E-state index in [0.29, 0.717) is 6.54 Å². The predicted molar refractivity (Wildman–Crippen MR) is 84.4 cm³/mol. The van der Waals surface area contributed by atoms with E-state index in [9.17, 15) is 9.59 Å². The SMILES string of the molecule is CC(=O)N[C@H](C(=O)N(C)Cc1nnc2n1CCC2)C1CCCC1. The maximum atomic E-state index is 12.8. The van der Waals surface area contributed by atoms with E-state index in [4.69, 9.17) is 0 Å². The highest BCUT2D eigenvalue weighted by Gasteiger charge is 2.33. The maximum absolute atomic E-state index is 12.8. The van der Waals surface area contributed by atoms with Gasteiger partial charge in [-0.2, -0.15) is 0 Å². The molecule has 2 heterocycles. The van der Waals surface area contributed by atoms with Crippen LogP contribution in [0.15, 0.2) is 0 Å². The molecule has 126 valence electrons. The number of likely N-dealkylation sites (N-methyl/N-ethyl adjacent to an activating group) is 1. The number of carbonyl (C=O) groups excluding carboxylic acids is 2. The number of rotatable bonds is 5. The standard InChI is InChI=1S/C16H25N5O2/c1-11(22)17-15(12-6-3-4-7-12)16(23)20(2)10-14-19-18-13-8-5-9-21(13)14/h12,15H,3-10H2,1-2H3,(H,17,22)/t15-/m0/s1. The van der Waals surface area contributed by atoms with Gasteiger partial charge >= 0.3 is 0 Å². The molecule has 2 aliphatic rings. The Balaban J connectivity index is 1.69. The molecule has 0 unspecified atom stereocenters. The zero-order valence-corrected chi connectivity index (χ0v) is 13.9. The Bertz CT molecular complexity index is 591. The molecule has 2 amide bonds. The summed E-state index contributed by atoms with van der Waals surface area (Å²) in [7, 11) is 1.78. The lowest BCUT2D eigenvalue weighted by Gasteiger charge is -2.28. The summed E-state index contributed by atoms with van der Waals surface area (Å²) in [5.74, 6) is 1.92. The van der Waals surface area contributed by atoms with Crippen molar-refractivity contribution >= 4 is 11.8 Å². The van der Waals surface area contributed by atoms with Crippen LogP contribution in [0.4, 0.5) is 0 Å². The highest BCUT2D eigenvalue weighted by molar-refractivity contribution is 5.87. The zero-order chi connectivity index (χ0) is 16.4. The lowest BCUT2D eigenvalue weighted by atomic mass is 9.96. The topological polar surface area (TPSA) is 80.1 Å². The van der Waals surface area contributed by atoms with Crippen molar-refractivity contribution in [3.05, 3.63) is 11.6 Å². The molecule has 1 saturated carbocycles. The number of nitrogens with one attached hydrogen (secondary N) is 1. The molecule has 0 saturated heterocycles. The summed E-state index contributed by atoms with van der Waals surface area (Å²) in [6.07, 6.45) is 6.33. The number of aromatic nitrogens is 3. The maximum Gasteiger partial charge on any atom is 0.245 e. The lowest BCUT2D eigenvalue weighted by Crippen LogP contribution is -2.50. The summed E-state index contributed by atoms with van der Waals surface area (Å²) in [5.41, 5.74) is 0. The van der Waals surface area contributed by atoms with Gasteiger partial charge in [-0.3, -0.25) is 9.59 Å². The Labute approximate surface area is 136 Å². The third-order valence-corrected chi connectivity index (χ3v) is 4.94. The van der Waals surface area contributed by atoms with E-state index in [2.05, 4.69) is 20.1 Å². The summed E-state index contributed by atoms with van der Waals surface area (Å²) in [6, 6.07) is -0.416. The van der Waals surface area contributed by atoms with Crippen LogP contribution in [0.3, 0.4) is 0 Å². The van der Waals surface area contributed by atoms with Gasteiger partial charge in [-0.15, -0.1) is 10.2 Å². The van der Waals surface area contributed by atoms with Gasteiger partial charge in [0.1, 0.15) is 11.9 Å². The third-order valence-electron chi connectivity index (χ3n) is 4.94. The molecule has 1 atom stereocenters. The van der Waals surface area contributed by atoms with Gasteiger partial charge in [0.15, 0.2) is 5.82 Å². The average molecular weight is 319 g/mol. The van der Waals surface area contributed by atoms with Gasteiger partial charge in [0.2, 0.25) is 11.8 Å². The molecule has 1 aliphatic heterocycles. The fourth-order valence-electron chi connectivity index (χ4n) is 3.75. The molecular weight excluding hydrogens is 294 g/mol. The van der Waals surface area contributed by atoms with Crippen molar-refractivity contribution in [1.29, 1.82) is 0 Å². The van der Waals surface area contributed by atoms with Crippen molar-refractivity contribution in [2.75, 3.05) is 7.05 Å². The Morgan fingerprint density at radius 3 is 2.74 bits per heavy atom. The summed E-state index contributed by atoms with van der Waals surface area (Å²) in [5, 5.41) is 11.3. The van der Waals surface area contributed by atoms with Crippen LogP contribution in [-0.2, 0) is 29.1 Å². The Kier molecular flexibility index (Phi) is 4.63. The minimum absolute atomic E-state index is 0.0255. The summed E-state index contributed by atoms with van der Waals surface area (Å²) in [6.45, 7) is 2.84. The Morgan fingerprint density at radius 2 is 2.04 bits per heavy atom. The summed E-state index contributed by atoms with van der Waals surface area (Å²) >= 11 is 0. The van der Waals surface area contributed by atoms with Gasteiger partial charge in [0.05, 0.1) is 6.54 Å². The van der Waals surface area contributed by atoms with Crippen molar-refractivity contribution in [2.24, 2.45) is 5.92 Å². The minimum Gasteiger partial charge on any atom is -0.344 e. The van der Waals surface area contributed by atoms with E-state index in [1.165, 1.54) is 6.92 Å². The molecular formula is C16H25N5O2. The van der Waals surface area contributed by atoms with E-state index < -0.39 is 6.04 Å². The van der Waals surface area contributed by atoms with Crippen LogP contribution in [0.5, 0.6) is 0 Å². The van der Waals surface area contributed by atoms with Crippen LogP contribution in [0.1, 0.15) is 50.7 Å². The lowest BCUT2D eigenvalue weighted by molar-refractivity contribution is -0.137. The highest BCUT2D eigenvalue weighted by atomic mass is 16.2. The van der Waals surface area contributed by atoms with Crippen molar-refractivity contribution < 1.29 is 9.59 Å². The largest absolute Gasteiger partial charge is 0.344 e. The Morgan fingerprint density at radius 1 is 1.30 bits per heavy atom. The molecule has 1 aliphatic carbocycles. The van der Waals surface area contributed by atoms with E-state index >= 15 is 0 Å². The third kappa shape index (κ3) is 3.38. The second-order valence-electron chi connectivity index (χ2n) is 6.70. The monoisotopic (exact) mass is 319 g/mol. The molecule has 23 heavy (non-hydrogen) atoms. The number of aryl methyl sites for hydroxylation is 1. The van der Waals surface area contributed by atoms with Crippen LogP contribution < -0.4 is 5.32 Å². The van der Waals surface area contributed by atoms with Crippen molar-refractivity contribution in [1.82, 2.24) is 25.0 Å². The van der Waals surface area contributed by atoms with Gasteiger partial charge in [0.25, 0.3) is 0 Å². The van der Waals surface area contributed by atoms with Crippen LogP contribution >= 0.6 is 0 Å². The van der Waals surface area contributed by atoms with Crippen molar-refractivity contribution in [3.63, 3.8) is 0 Å². The van der Waals surface area contributed by atoms with E-state index in [1.807, 2.05) is 0 Å². The van der Waals surface area contributed by atoms with Gasteiger partial charge < -0.3 is 14.8 Å². The van der Waals surface area contributed by atoms with E-state index in [1.54, 1.807) is 11.9 Å². The molecule has 0 spiro atoms. The second kappa shape index (κ2) is 6.68. The molecule has 3 rings (SSSR count). The number of nitrogens with zero attached hydrogens (tertiary/aromatic N) is 4. The number of hydrogen-bond acceptors (Lipinski definition) is 4. The number of carbonyl (C=O) groups is 2. The molecule has 1 fully saturated rings. The van der Waals surface area contributed by atoms with Crippen molar-refractivity contribution in [3.8, 4) is 0 Å². The second-order valence-corrected chi connectivity index (χ2v) is 6.70. The van der Waals surface area contributed by atoms with Gasteiger partial charge in [-0.25, -0.2) is 0 Å². The molecule has 1 N–H and O–H groups in total. The van der Waals surface area contributed by atoms with Crippen LogP contribution in [0, 0.1) is 5.92 Å². The average Bonchev–Trinajstić information content (AvgIpc) is 3.23. The number of fused-ring (bicyclic) bond motifs is 1. The van der Waals surface area contributed by atoms with Gasteiger partial charge in [0, 0.05) is 26.9 Å². The predicted octanol–water partition coefficient (Wildman–Crippen LogP) is 0.878. The molecule has 0 aromatic carbocycles. The first kappa shape index (κ1) is 16.0. The Hall–Kier alpha value is -1.92.